The predicted octanol–water partition coefficient (Wildman–Crippen LogP) is 2.78. The van der Waals surface area contributed by atoms with Crippen molar-refractivity contribution in [2.24, 2.45) is 10.2 Å². The van der Waals surface area contributed by atoms with Crippen LogP contribution >= 0.6 is 0 Å². The van der Waals surface area contributed by atoms with E-state index in [0.29, 0.717) is 11.4 Å². The minimum Gasteiger partial charge on any atom is -0.379 e. The van der Waals surface area contributed by atoms with Crippen molar-refractivity contribution < 1.29 is 27.5 Å². The minimum atomic E-state index is -3.51. The number of nitrogens with zero attached hydrogens (tertiary/aromatic N) is 4. The molecule has 0 unspecified atom stereocenters. The van der Waals surface area contributed by atoms with Crippen LogP contribution in [0.15, 0.2) is 75.8 Å². The SMILES string of the molecule is CN(C)c1ccc(N=Nc2ccc(S(=O)(=O)CCCNC(=O)CCOCCN3C(=O)C=CC3=O)cc2)cc1. The number of amides is 3. The molecule has 0 atom stereocenters. The number of anilines is 1. The number of rotatable bonds is 14. The van der Waals surface area contributed by atoms with Crippen molar-refractivity contribution in [2.45, 2.75) is 17.7 Å². The van der Waals surface area contributed by atoms with E-state index in [4.69, 9.17) is 4.74 Å². The maximum atomic E-state index is 12.6. The first kappa shape index (κ1) is 28.7. The maximum Gasteiger partial charge on any atom is 0.253 e. The Kier molecular flexibility index (Phi) is 10.3. The highest BCUT2D eigenvalue weighted by Gasteiger charge is 2.22. The molecule has 3 rings (SSSR count). The van der Waals surface area contributed by atoms with Gasteiger partial charge in [0.2, 0.25) is 5.91 Å². The molecule has 12 heteroatoms. The second-order valence-corrected chi connectivity index (χ2v) is 10.8. The highest BCUT2D eigenvalue weighted by molar-refractivity contribution is 7.91. The van der Waals surface area contributed by atoms with Crippen molar-refractivity contribution >= 4 is 44.6 Å². The fourth-order valence-corrected chi connectivity index (χ4v) is 4.73. The molecular weight excluding hydrogens is 510 g/mol. The molecule has 1 heterocycles. The van der Waals surface area contributed by atoms with Crippen LogP contribution in [0.3, 0.4) is 0 Å². The normalized spacial score (nSPS) is 13.5. The third-order valence-electron chi connectivity index (χ3n) is 5.59. The number of benzene rings is 2. The van der Waals surface area contributed by atoms with E-state index < -0.39 is 9.84 Å². The Hall–Kier alpha value is -3.90. The van der Waals surface area contributed by atoms with Gasteiger partial charge in [-0.05, 0) is 55.0 Å². The van der Waals surface area contributed by atoms with E-state index in [2.05, 4.69) is 15.5 Å². The van der Waals surface area contributed by atoms with Gasteiger partial charge in [-0.3, -0.25) is 19.3 Å². The molecule has 0 saturated heterocycles. The first-order valence-corrected chi connectivity index (χ1v) is 13.7. The number of hydrogen-bond donors (Lipinski definition) is 1. The van der Waals surface area contributed by atoms with Gasteiger partial charge in [0, 0.05) is 44.9 Å². The van der Waals surface area contributed by atoms with Crippen LogP contribution in [-0.4, -0.2) is 77.2 Å². The Balaban J connectivity index is 1.33. The Morgan fingerprint density at radius 3 is 2.08 bits per heavy atom. The molecule has 0 spiro atoms. The standard InChI is InChI=1S/C26H31N5O6S/c1-30(2)22-8-4-20(5-9-22)28-29-21-6-10-23(11-7-21)38(35,36)19-3-15-27-24(32)14-17-37-18-16-31-25(33)12-13-26(31)34/h4-13H,3,14-19H2,1-2H3,(H,27,32). The fraction of sp³-hybridized carbons (Fsp3) is 0.346. The van der Waals surface area contributed by atoms with Gasteiger partial charge in [-0.15, -0.1) is 0 Å². The van der Waals surface area contributed by atoms with Crippen molar-refractivity contribution in [2.75, 3.05) is 51.1 Å². The van der Waals surface area contributed by atoms with Crippen molar-refractivity contribution in [1.82, 2.24) is 10.2 Å². The molecule has 0 bridgehead atoms. The Labute approximate surface area is 222 Å². The zero-order valence-corrected chi connectivity index (χ0v) is 22.2. The molecule has 0 fully saturated rings. The van der Waals surface area contributed by atoms with Crippen LogP contribution in [0.25, 0.3) is 0 Å². The van der Waals surface area contributed by atoms with E-state index >= 15 is 0 Å². The maximum absolute atomic E-state index is 12.6. The van der Waals surface area contributed by atoms with E-state index in [1.54, 1.807) is 12.1 Å². The molecule has 0 aliphatic carbocycles. The lowest BCUT2D eigenvalue weighted by molar-refractivity contribution is -0.138. The molecule has 0 saturated carbocycles. The van der Waals surface area contributed by atoms with Gasteiger partial charge >= 0.3 is 0 Å². The van der Waals surface area contributed by atoms with Crippen molar-refractivity contribution in [1.29, 1.82) is 0 Å². The average molecular weight is 542 g/mol. The number of nitrogens with one attached hydrogen (secondary N) is 1. The summed E-state index contributed by atoms with van der Waals surface area (Å²) in [5.41, 5.74) is 2.27. The van der Waals surface area contributed by atoms with Crippen molar-refractivity contribution in [3.8, 4) is 0 Å². The Bertz CT molecular complexity index is 1270. The zero-order chi connectivity index (χ0) is 27.5. The Morgan fingerprint density at radius 2 is 1.50 bits per heavy atom. The second-order valence-electron chi connectivity index (χ2n) is 8.65. The number of ether oxygens (including phenoxy) is 1. The van der Waals surface area contributed by atoms with Crippen LogP contribution in [0.4, 0.5) is 17.1 Å². The summed E-state index contributed by atoms with van der Waals surface area (Å²) in [6.45, 7) is 0.589. The van der Waals surface area contributed by atoms with Gasteiger partial charge in [0.15, 0.2) is 9.84 Å². The highest BCUT2D eigenvalue weighted by atomic mass is 32.2. The lowest BCUT2D eigenvalue weighted by atomic mass is 10.3. The monoisotopic (exact) mass is 541 g/mol. The van der Waals surface area contributed by atoms with Gasteiger partial charge in [0.05, 0.1) is 41.8 Å². The molecule has 1 N–H and O–H groups in total. The summed E-state index contributed by atoms with van der Waals surface area (Å²) in [7, 11) is 0.389. The summed E-state index contributed by atoms with van der Waals surface area (Å²) in [5.74, 6) is -1.15. The number of sulfone groups is 1. The van der Waals surface area contributed by atoms with E-state index in [1.165, 1.54) is 24.3 Å². The Morgan fingerprint density at radius 1 is 0.921 bits per heavy atom. The predicted molar refractivity (Wildman–Crippen MR) is 142 cm³/mol. The van der Waals surface area contributed by atoms with Crippen LogP contribution in [0.1, 0.15) is 12.8 Å². The van der Waals surface area contributed by atoms with Gasteiger partial charge in [-0.1, -0.05) is 0 Å². The molecule has 38 heavy (non-hydrogen) atoms. The third kappa shape index (κ3) is 8.60. The van der Waals surface area contributed by atoms with Crippen molar-refractivity contribution in [3.05, 3.63) is 60.7 Å². The fourth-order valence-electron chi connectivity index (χ4n) is 3.42. The first-order valence-electron chi connectivity index (χ1n) is 12.1. The number of carbonyl (C=O) groups excluding carboxylic acids is 3. The first-order chi connectivity index (χ1) is 18.2. The van der Waals surface area contributed by atoms with E-state index in [1.807, 2.05) is 43.3 Å². The average Bonchev–Trinajstić information content (AvgIpc) is 3.22. The minimum absolute atomic E-state index is 0.0860. The number of azo groups is 1. The van der Waals surface area contributed by atoms with Crippen LogP contribution in [0, 0.1) is 0 Å². The molecule has 2 aromatic carbocycles. The molecule has 0 radical (unpaired) electrons. The highest BCUT2D eigenvalue weighted by Crippen LogP contribution is 2.23. The van der Waals surface area contributed by atoms with Gasteiger partial charge in [0.1, 0.15) is 0 Å². The van der Waals surface area contributed by atoms with Gasteiger partial charge in [-0.2, -0.15) is 10.2 Å². The van der Waals surface area contributed by atoms with Gasteiger partial charge < -0.3 is 15.0 Å². The number of hydrogen-bond acceptors (Lipinski definition) is 9. The summed E-state index contributed by atoms with van der Waals surface area (Å²) in [4.78, 5) is 38.0. The lowest BCUT2D eigenvalue weighted by Crippen LogP contribution is -2.33. The van der Waals surface area contributed by atoms with Crippen molar-refractivity contribution in [3.63, 3.8) is 0 Å². The third-order valence-corrected chi connectivity index (χ3v) is 7.40. The summed E-state index contributed by atoms with van der Waals surface area (Å²) in [6.07, 6.45) is 2.74. The smallest absolute Gasteiger partial charge is 0.253 e. The van der Waals surface area contributed by atoms with Crippen LogP contribution in [0.2, 0.25) is 0 Å². The molecule has 2 aromatic rings. The summed E-state index contributed by atoms with van der Waals surface area (Å²) >= 11 is 0. The topological polar surface area (TPSA) is 138 Å². The van der Waals surface area contributed by atoms with E-state index in [-0.39, 0.29) is 67.5 Å². The summed E-state index contributed by atoms with van der Waals surface area (Å²) < 4.78 is 30.5. The summed E-state index contributed by atoms with van der Waals surface area (Å²) in [5, 5.41) is 11.0. The molecular formula is C26H31N5O6S. The molecule has 1 aliphatic heterocycles. The van der Waals surface area contributed by atoms with Gasteiger partial charge in [0.25, 0.3) is 11.8 Å². The summed E-state index contributed by atoms with van der Waals surface area (Å²) in [6, 6.07) is 13.7. The van der Waals surface area contributed by atoms with Crippen LogP contribution in [0.5, 0.6) is 0 Å². The zero-order valence-electron chi connectivity index (χ0n) is 21.4. The van der Waals surface area contributed by atoms with Crippen LogP contribution < -0.4 is 10.2 Å². The van der Waals surface area contributed by atoms with E-state index in [9.17, 15) is 22.8 Å². The second kappa shape index (κ2) is 13.6. The molecule has 3 amide bonds. The lowest BCUT2D eigenvalue weighted by Gasteiger charge is -2.13. The molecule has 0 aromatic heterocycles. The number of carbonyl (C=O) groups is 3. The van der Waals surface area contributed by atoms with E-state index in [0.717, 1.165) is 10.6 Å². The molecule has 11 nitrogen and oxygen atoms in total. The quantitative estimate of drug-likeness (QED) is 0.220. The van der Waals surface area contributed by atoms with Crippen LogP contribution in [-0.2, 0) is 29.0 Å². The number of imide groups is 1. The molecule has 202 valence electrons. The molecule has 1 aliphatic rings. The largest absolute Gasteiger partial charge is 0.379 e. The van der Waals surface area contributed by atoms with Gasteiger partial charge in [-0.25, -0.2) is 8.42 Å².